The van der Waals surface area contributed by atoms with Gasteiger partial charge in [-0.15, -0.1) is 0 Å². The van der Waals surface area contributed by atoms with E-state index in [9.17, 15) is 9.59 Å². The average Bonchev–Trinajstić information content (AvgIpc) is 2.85. The van der Waals surface area contributed by atoms with Crippen molar-refractivity contribution in [3.63, 3.8) is 0 Å². The Morgan fingerprint density at radius 1 is 0.868 bits per heavy atom. The highest BCUT2D eigenvalue weighted by Crippen LogP contribution is 2.14. The minimum absolute atomic E-state index is 0.157. The number of carboxylic acid groups (broad SMARTS) is 1. The van der Waals surface area contributed by atoms with Gasteiger partial charge in [0.2, 0.25) is 0 Å². The summed E-state index contributed by atoms with van der Waals surface area (Å²) >= 11 is 0. The van der Waals surface area contributed by atoms with Gasteiger partial charge >= 0.3 is 5.97 Å². The Kier molecular flexibility index (Phi) is 21.7. The van der Waals surface area contributed by atoms with Gasteiger partial charge in [0.15, 0.2) is 0 Å². The number of carbonyl (C=O) groups is 3. The highest BCUT2D eigenvalue weighted by molar-refractivity contribution is 6.40. The van der Waals surface area contributed by atoms with Gasteiger partial charge in [-0.1, -0.05) is 58.2 Å². The number of allylic oxidation sites excluding steroid dienone is 3. The number of Topliss-reactive ketones (excluding diaryl/α,β-unsaturated/α-hetero) is 1. The lowest BCUT2D eigenvalue weighted by molar-refractivity contribution is -0.138. The smallest absolute Gasteiger partial charge is 0.379 e. The molecule has 8 nitrogen and oxygen atoms in total. The third-order valence-electron chi connectivity index (χ3n) is 4.24. The van der Waals surface area contributed by atoms with E-state index in [1.807, 2.05) is 13.8 Å². The first-order chi connectivity index (χ1) is 17.9. The zero-order chi connectivity index (χ0) is 29.5. The highest BCUT2D eigenvalue weighted by Gasteiger charge is 2.17. The first-order valence-corrected chi connectivity index (χ1v) is 12.3. The number of benzene rings is 1. The Hall–Kier alpha value is -3.65. The summed E-state index contributed by atoms with van der Waals surface area (Å²) in [5.74, 6) is 0.385. The van der Waals surface area contributed by atoms with Gasteiger partial charge in [-0.25, -0.2) is 4.79 Å². The van der Waals surface area contributed by atoms with Crippen molar-refractivity contribution < 1.29 is 38.4 Å². The molecule has 0 aliphatic rings. The van der Waals surface area contributed by atoms with E-state index in [-0.39, 0.29) is 18.6 Å². The normalized spacial score (nSPS) is 9.53. The van der Waals surface area contributed by atoms with Crippen LogP contribution in [0.1, 0.15) is 57.8 Å². The molecule has 0 radical (unpaired) electrons. The van der Waals surface area contributed by atoms with Crippen molar-refractivity contribution >= 4 is 18.2 Å². The molecule has 212 valence electrons. The van der Waals surface area contributed by atoms with Crippen LogP contribution in [0.4, 0.5) is 0 Å². The van der Waals surface area contributed by atoms with E-state index in [0.29, 0.717) is 50.8 Å². The minimum Gasteiger partial charge on any atom is -0.492 e. The Morgan fingerprint density at radius 3 is 1.89 bits per heavy atom. The topological polar surface area (TPSA) is 108 Å². The van der Waals surface area contributed by atoms with Crippen LogP contribution in [0.15, 0.2) is 73.1 Å². The highest BCUT2D eigenvalue weighted by atomic mass is 16.5. The van der Waals surface area contributed by atoms with Crippen molar-refractivity contribution in [2.75, 3.05) is 33.0 Å². The quantitative estimate of drug-likeness (QED) is 0.0511. The van der Waals surface area contributed by atoms with Crippen LogP contribution < -0.4 is 4.74 Å². The van der Waals surface area contributed by atoms with Crippen LogP contribution in [0, 0.1) is 5.92 Å². The summed E-state index contributed by atoms with van der Waals surface area (Å²) in [5, 5.41) is 6.89. The predicted octanol–water partition coefficient (Wildman–Crippen LogP) is 6.19. The molecular weight excluding hydrogens is 488 g/mol. The molecule has 8 heteroatoms. The van der Waals surface area contributed by atoms with Crippen LogP contribution >= 0.6 is 0 Å². The molecule has 0 heterocycles. The van der Waals surface area contributed by atoms with Crippen LogP contribution in [0.5, 0.6) is 5.75 Å². The fourth-order valence-corrected chi connectivity index (χ4v) is 2.22. The Bertz CT molecular complexity index is 895. The van der Waals surface area contributed by atoms with Crippen LogP contribution in [0.2, 0.25) is 0 Å². The van der Waals surface area contributed by atoms with Crippen LogP contribution in [-0.2, 0) is 23.8 Å². The predicted molar refractivity (Wildman–Crippen MR) is 150 cm³/mol. The molecular formula is C30H44O8. The monoisotopic (exact) mass is 532 g/mol. The first kappa shape index (κ1) is 36.5. The van der Waals surface area contributed by atoms with Crippen molar-refractivity contribution in [1.29, 1.82) is 0 Å². The zero-order valence-corrected chi connectivity index (χ0v) is 23.5. The van der Waals surface area contributed by atoms with Crippen LogP contribution in [-0.4, -0.2) is 56.4 Å². The molecule has 0 saturated carbocycles. The van der Waals surface area contributed by atoms with Crippen molar-refractivity contribution in [2.24, 2.45) is 5.92 Å². The Morgan fingerprint density at radius 2 is 1.39 bits per heavy atom. The van der Waals surface area contributed by atoms with E-state index in [4.69, 9.17) is 28.8 Å². The van der Waals surface area contributed by atoms with Crippen molar-refractivity contribution in [3.05, 3.63) is 78.6 Å². The van der Waals surface area contributed by atoms with E-state index in [1.54, 1.807) is 12.1 Å². The molecule has 1 aromatic carbocycles. The fraction of sp³-hybridized carbons (Fsp3) is 0.433. The first-order valence-electron chi connectivity index (χ1n) is 12.3. The zero-order valence-electron chi connectivity index (χ0n) is 23.5. The maximum Gasteiger partial charge on any atom is 0.379 e. The second kappa shape index (κ2) is 22.5. The molecule has 38 heavy (non-hydrogen) atoms. The summed E-state index contributed by atoms with van der Waals surface area (Å²) in [7, 11) is 0. The second-order valence-electron chi connectivity index (χ2n) is 8.83. The van der Waals surface area contributed by atoms with Gasteiger partial charge in [0.1, 0.15) is 24.7 Å². The number of carbonyl (C=O) groups excluding carboxylic acids is 2. The van der Waals surface area contributed by atoms with Gasteiger partial charge < -0.3 is 24.1 Å². The second-order valence-corrected chi connectivity index (χ2v) is 8.83. The van der Waals surface area contributed by atoms with E-state index >= 15 is 0 Å². The summed E-state index contributed by atoms with van der Waals surface area (Å²) in [4.78, 5) is 32.4. The number of ketones is 1. The summed E-state index contributed by atoms with van der Waals surface area (Å²) in [5.41, 5.74) is 2.83. The SMILES string of the molecule is C=C(C)C(=C)CCCOC(=O)C(=O)c1ccc(OCCOCCOC(=C)C(=C)C)cc1.CC(C)C.O=CO. The summed E-state index contributed by atoms with van der Waals surface area (Å²) in [6.07, 6.45) is 1.26. The Balaban J connectivity index is 0. The molecule has 0 spiro atoms. The molecule has 1 aromatic rings. The molecule has 0 atom stereocenters. The summed E-state index contributed by atoms with van der Waals surface area (Å²) < 4.78 is 21.3. The van der Waals surface area contributed by atoms with Crippen LogP contribution in [0.3, 0.4) is 0 Å². The number of hydrogen-bond donors (Lipinski definition) is 1. The number of rotatable bonds is 16. The average molecular weight is 533 g/mol. The number of ether oxygens (including phenoxy) is 4. The van der Waals surface area contributed by atoms with Crippen molar-refractivity contribution in [3.8, 4) is 5.75 Å². The molecule has 0 saturated heterocycles. The number of hydrogen-bond acceptors (Lipinski definition) is 7. The largest absolute Gasteiger partial charge is 0.492 e. The van der Waals surface area contributed by atoms with Gasteiger partial charge in [0.25, 0.3) is 12.3 Å². The lowest BCUT2D eigenvalue weighted by atomic mass is 10.1. The third-order valence-corrected chi connectivity index (χ3v) is 4.24. The maximum atomic E-state index is 12.2. The van der Waals surface area contributed by atoms with Gasteiger partial charge in [-0.05, 0) is 62.4 Å². The van der Waals surface area contributed by atoms with E-state index in [1.165, 1.54) is 12.1 Å². The molecule has 0 aromatic heterocycles. The van der Waals surface area contributed by atoms with Crippen LogP contribution in [0.25, 0.3) is 0 Å². The maximum absolute atomic E-state index is 12.2. The summed E-state index contributed by atoms with van der Waals surface area (Å²) in [6.45, 7) is 26.8. The lowest BCUT2D eigenvalue weighted by Crippen LogP contribution is -2.18. The molecule has 1 rings (SSSR count). The van der Waals surface area contributed by atoms with Crippen molar-refractivity contribution in [2.45, 2.75) is 47.5 Å². The summed E-state index contributed by atoms with van der Waals surface area (Å²) in [6, 6.07) is 6.30. The minimum atomic E-state index is -0.875. The van der Waals surface area contributed by atoms with E-state index < -0.39 is 11.8 Å². The van der Waals surface area contributed by atoms with Gasteiger partial charge in [0.05, 0.1) is 19.8 Å². The molecule has 0 unspecified atom stereocenters. The lowest BCUT2D eigenvalue weighted by Gasteiger charge is -2.10. The van der Waals surface area contributed by atoms with Gasteiger partial charge in [-0.3, -0.25) is 9.59 Å². The molecule has 0 bridgehead atoms. The molecule has 0 amide bonds. The van der Waals surface area contributed by atoms with E-state index in [0.717, 1.165) is 22.6 Å². The molecule has 1 N–H and O–H groups in total. The Labute approximate surface area is 227 Å². The van der Waals surface area contributed by atoms with Gasteiger partial charge in [-0.2, -0.15) is 0 Å². The molecule has 0 aliphatic heterocycles. The van der Waals surface area contributed by atoms with Gasteiger partial charge in [0, 0.05) is 5.56 Å². The fourth-order valence-electron chi connectivity index (χ4n) is 2.22. The van der Waals surface area contributed by atoms with E-state index in [2.05, 4.69) is 47.1 Å². The van der Waals surface area contributed by atoms with Crippen molar-refractivity contribution in [1.82, 2.24) is 0 Å². The standard InChI is InChI=1S/C25H32O6.C4H10.CH2O2/c1-18(2)20(5)8-7-13-31-25(27)24(26)22-9-11-23(12-10-22)30-17-15-28-14-16-29-21(6)19(3)4;1-4(2)3;2-1-3/h9-12H,1,3,5-8,13-17H2,2,4H3;4H,1-3H3;1H,(H,2,3). The molecule has 0 aliphatic carbocycles. The molecule has 0 fully saturated rings. The number of esters is 1. The third kappa shape index (κ3) is 20.5.